The average Bonchev–Trinajstić information content (AvgIpc) is 2.99. The van der Waals surface area contributed by atoms with E-state index in [1.807, 2.05) is 18.2 Å². The minimum Gasteiger partial charge on any atom is -0.480 e. The average molecular weight is 463 g/mol. The number of carbonyl (C=O) groups excluding carboxylic acids is 1. The molecule has 1 unspecified atom stereocenters. The number of carboxylic acid groups (broad SMARTS) is 1. The van der Waals surface area contributed by atoms with Gasteiger partial charge in [0.15, 0.2) is 0 Å². The molecule has 3 aromatic rings. The highest BCUT2D eigenvalue weighted by atomic mass is 35.5. The Hall–Kier alpha value is -2.57. The zero-order valence-corrected chi connectivity index (χ0v) is 18.1. The molecule has 0 aliphatic heterocycles. The van der Waals surface area contributed by atoms with Gasteiger partial charge in [0, 0.05) is 28.6 Å². The molecule has 0 saturated heterocycles. The third kappa shape index (κ3) is 4.70. The molecule has 0 fully saturated rings. The van der Waals surface area contributed by atoms with Gasteiger partial charge in [-0.25, -0.2) is 4.39 Å². The second kappa shape index (κ2) is 8.89. The van der Waals surface area contributed by atoms with Crippen LogP contribution in [0.25, 0.3) is 10.9 Å². The number of carboxylic acids is 1. The molecule has 0 radical (unpaired) electrons. The molecule has 2 N–H and O–H groups in total. The minimum atomic E-state index is -0.989. The predicted molar refractivity (Wildman–Crippen MR) is 118 cm³/mol. The van der Waals surface area contributed by atoms with Gasteiger partial charge in [-0.05, 0) is 61.1 Å². The monoisotopic (exact) mass is 462 g/mol. The van der Waals surface area contributed by atoms with Gasteiger partial charge in [0.2, 0.25) is 5.91 Å². The van der Waals surface area contributed by atoms with Crippen molar-refractivity contribution in [2.45, 2.75) is 44.7 Å². The zero-order chi connectivity index (χ0) is 22.1. The summed E-state index contributed by atoms with van der Waals surface area (Å²) >= 11 is 12.3. The maximum absolute atomic E-state index is 14.0. The second-order valence-corrected chi connectivity index (χ2v) is 8.67. The molecule has 31 heavy (non-hydrogen) atoms. The standard InChI is InChI=1S/C23H21Cl2FN2O3/c24-14-3-1-2-13(8-14)4-7-21(29)27-16-5-6-20-17(11-16)18-9-15(26)10-19(25)23(18)28(20)12-22(30)31/h1-3,8-10,16H,4-7,11-12H2,(H,27,29)(H,30,31). The third-order valence-corrected chi connectivity index (χ3v) is 6.19. The molecule has 162 valence electrons. The number of aliphatic carboxylic acids is 1. The van der Waals surface area contributed by atoms with Crippen molar-refractivity contribution in [1.82, 2.24) is 9.88 Å². The summed E-state index contributed by atoms with van der Waals surface area (Å²) in [5, 5.41) is 13.8. The number of aromatic nitrogens is 1. The third-order valence-electron chi connectivity index (χ3n) is 5.67. The van der Waals surface area contributed by atoms with E-state index in [0.29, 0.717) is 48.0 Å². The maximum atomic E-state index is 14.0. The molecule has 8 heteroatoms. The summed E-state index contributed by atoms with van der Waals surface area (Å²) in [6.45, 7) is -0.242. The van der Waals surface area contributed by atoms with Gasteiger partial charge in [0.1, 0.15) is 12.4 Å². The van der Waals surface area contributed by atoms with E-state index in [0.717, 1.165) is 16.8 Å². The molecule has 0 saturated carbocycles. The highest BCUT2D eigenvalue weighted by Crippen LogP contribution is 2.36. The number of benzene rings is 2. The quantitative estimate of drug-likeness (QED) is 0.553. The van der Waals surface area contributed by atoms with E-state index in [9.17, 15) is 19.1 Å². The molecule has 1 aliphatic rings. The Morgan fingerprint density at radius 1 is 1.23 bits per heavy atom. The number of rotatable bonds is 6. The fourth-order valence-electron chi connectivity index (χ4n) is 4.38. The molecule has 1 amide bonds. The molecule has 1 atom stereocenters. The van der Waals surface area contributed by atoms with E-state index in [1.165, 1.54) is 12.1 Å². The van der Waals surface area contributed by atoms with Crippen molar-refractivity contribution in [3.63, 3.8) is 0 Å². The largest absolute Gasteiger partial charge is 0.480 e. The van der Waals surface area contributed by atoms with Crippen molar-refractivity contribution < 1.29 is 19.1 Å². The van der Waals surface area contributed by atoms with Gasteiger partial charge in [0.05, 0.1) is 10.5 Å². The van der Waals surface area contributed by atoms with Crippen molar-refractivity contribution in [1.29, 1.82) is 0 Å². The lowest BCUT2D eigenvalue weighted by Crippen LogP contribution is -2.39. The first-order valence-electron chi connectivity index (χ1n) is 10.1. The molecule has 4 rings (SSSR count). The summed E-state index contributed by atoms with van der Waals surface area (Å²) < 4.78 is 15.7. The minimum absolute atomic E-state index is 0.0630. The van der Waals surface area contributed by atoms with E-state index in [4.69, 9.17) is 23.2 Å². The smallest absolute Gasteiger partial charge is 0.323 e. The van der Waals surface area contributed by atoms with Gasteiger partial charge in [-0.15, -0.1) is 0 Å². The summed E-state index contributed by atoms with van der Waals surface area (Å²) in [6.07, 6.45) is 2.68. The normalized spacial score (nSPS) is 15.6. The van der Waals surface area contributed by atoms with Crippen LogP contribution in [0.1, 0.15) is 29.7 Å². The summed E-state index contributed by atoms with van der Waals surface area (Å²) in [5.74, 6) is -1.52. The van der Waals surface area contributed by atoms with Gasteiger partial charge < -0.3 is 15.0 Å². The van der Waals surface area contributed by atoms with Gasteiger partial charge in [-0.3, -0.25) is 9.59 Å². The summed E-state index contributed by atoms with van der Waals surface area (Å²) in [4.78, 5) is 23.9. The van der Waals surface area contributed by atoms with E-state index in [2.05, 4.69) is 5.32 Å². The number of hydrogen-bond donors (Lipinski definition) is 2. The van der Waals surface area contributed by atoms with Crippen molar-refractivity contribution in [3.8, 4) is 0 Å². The van der Waals surface area contributed by atoms with Gasteiger partial charge >= 0.3 is 5.97 Å². The molecule has 0 spiro atoms. The maximum Gasteiger partial charge on any atom is 0.323 e. The zero-order valence-electron chi connectivity index (χ0n) is 16.6. The van der Waals surface area contributed by atoms with Crippen molar-refractivity contribution in [2.75, 3.05) is 0 Å². The SMILES string of the molecule is O=C(O)Cn1c2c(c3cc(F)cc(Cl)c31)CC(NC(=O)CCc1cccc(Cl)c1)CC2. The Morgan fingerprint density at radius 3 is 2.77 bits per heavy atom. The summed E-state index contributed by atoms with van der Waals surface area (Å²) in [6, 6.07) is 9.91. The van der Waals surface area contributed by atoms with Crippen LogP contribution in [0.2, 0.25) is 10.0 Å². The number of nitrogens with one attached hydrogen (secondary N) is 1. The summed E-state index contributed by atoms with van der Waals surface area (Å²) in [5.41, 5.74) is 3.22. The molecular formula is C23H21Cl2FN2O3. The first-order chi connectivity index (χ1) is 14.8. The number of aryl methyl sites for hydroxylation is 1. The predicted octanol–water partition coefficient (Wildman–Crippen LogP) is 4.78. The van der Waals surface area contributed by atoms with Crippen LogP contribution < -0.4 is 5.32 Å². The Labute approximate surface area is 188 Å². The fraction of sp³-hybridized carbons (Fsp3) is 0.304. The number of hydrogen-bond acceptors (Lipinski definition) is 2. The van der Waals surface area contributed by atoms with Crippen molar-refractivity contribution in [3.05, 3.63) is 69.1 Å². The number of amides is 1. The molecule has 5 nitrogen and oxygen atoms in total. The van der Waals surface area contributed by atoms with Crippen molar-refractivity contribution in [2.24, 2.45) is 0 Å². The van der Waals surface area contributed by atoms with Crippen LogP contribution in [0, 0.1) is 5.82 Å². The lowest BCUT2D eigenvalue weighted by molar-refractivity contribution is -0.137. The Bertz CT molecular complexity index is 1180. The first kappa shape index (κ1) is 21.7. The Kier molecular flexibility index (Phi) is 6.21. The van der Waals surface area contributed by atoms with Gasteiger partial charge in [-0.2, -0.15) is 0 Å². The number of halogens is 3. The second-order valence-electron chi connectivity index (χ2n) is 7.83. The lowest BCUT2D eigenvalue weighted by atomic mass is 9.91. The van der Waals surface area contributed by atoms with E-state index < -0.39 is 11.8 Å². The molecule has 1 aliphatic carbocycles. The highest BCUT2D eigenvalue weighted by molar-refractivity contribution is 6.35. The van der Waals surface area contributed by atoms with Crippen molar-refractivity contribution >= 4 is 46.0 Å². The first-order valence-corrected chi connectivity index (χ1v) is 10.8. The van der Waals surface area contributed by atoms with E-state index in [1.54, 1.807) is 10.6 Å². The highest BCUT2D eigenvalue weighted by Gasteiger charge is 2.28. The van der Waals surface area contributed by atoms with Crippen LogP contribution in [0.15, 0.2) is 36.4 Å². The Balaban J connectivity index is 1.52. The van der Waals surface area contributed by atoms with Gasteiger partial charge in [-0.1, -0.05) is 35.3 Å². The number of fused-ring (bicyclic) bond motifs is 3. The molecule has 0 bridgehead atoms. The van der Waals surface area contributed by atoms with Gasteiger partial charge in [0.25, 0.3) is 0 Å². The van der Waals surface area contributed by atoms with Crippen LogP contribution in [0.4, 0.5) is 4.39 Å². The summed E-state index contributed by atoms with van der Waals surface area (Å²) in [7, 11) is 0. The molecule has 2 aromatic carbocycles. The molecular weight excluding hydrogens is 442 g/mol. The van der Waals surface area contributed by atoms with E-state index in [-0.39, 0.29) is 23.5 Å². The lowest BCUT2D eigenvalue weighted by Gasteiger charge is -2.25. The number of nitrogens with zero attached hydrogens (tertiary/aromatic N) is 1. The molecule has 1 aromatic heterocycles. The fourth-order valence-corrected chi connectivity index (χ4v) is 4.90. The van der Waals surface area contributed by atoms with E-state index >= 15 is 0 Å². The van der Waals surface area contributed by atoms with Crippen LogP contribution >= 0.6 is 23.2 Å². The van der Waals surface area contributed by atoms with Crippen LogP contribution in [-0.2, 0) is 35.4 Å². The Morgan fingerprint density at radius 2 is 2.03 bits per heavy atom. The van der Waals surface area contributed by atoms with Crippen LogP contribution in [0.5, 0.6) is 0 Å². The number of carbonyl (C=O) groups is 2. The topological polar surface area (TPSA) is 71.3 Å². The molecule has 1 heterocycles. The van der Waals surface area contributed by atoms with Crippen LogP contribution in [-0.4, -0.2) is 27.6 Å². The van der Waals surface area contributed by atoms with Crippen LogP contribution in [0.3, 0.4) is 0 Å².